The van der Waals surface area contributed by atoms with Crippen LogP contribution in [-0.4, -0.2) is 47.3 Å². The lowest BCUT2D eigenvalue weighted by Gasteiger charge is -2.43. The number of carbonyl (C=O) groups excluding carboxylic acids is 1. The summed E-state index contributed by atoms with van der Waals surface area (Å²) >= 11 is 6.12. The Hall–Kier alpha value is -4.06. The number of nitrogens with one attached hydrogen (secondary N) is 1. The molecule has 1 aliphatic rings. The minimum absolute atomic E-state index is 0.0890. The van der Waals surface area contributed by atoms with Crippen molar-refractivity contribution < 1.29 is 31.5 Å². The van der Waals surface area contributed by atoms with Gasteiger partial charge in [0.2, 0.25) is 0 Å². The number of ether oxygens (including phenoxy) is 1. The van der Waals surface area contributed by atoms with Crippen molar-refractivity contribution in [3.05, 3.63) is 88.3 Å². The van der Waals surface area contributed by atoms with Gasteiger partial charge in [-0.05, 0) is 54.8 Å². The number of fused-ring (bicyclic) bond motifs is 1. The number of pyridine rings is 1. The van der Waals surface area contributed by atoms with Gasteiger partial charge in [-0.2, -0.15) is 0 Å². The van der Waals surface area contributed by atoms with Gasteiger partial charge in [0, 0.05) is 44.5 Å². The maximum Gasteiger partial charge on any atom is 0.573 e. The average Bonchev–Trinajstić information content (AvgIpc) is 3.33. The van der Waals surface area contributed by atoms with Crippen LogP contribution in [0.5, 0.6) is 5.75 Å². The summed E-state index contributed by atoms with van der Waals surface area (Å²) in [7, 11) is 0. The smallest absolute Gasteiger partial charge is 0.406 e. The molecule has 2 aromatic heterocycles. The molecule has 228 valence electrons. The standard InChI is InChI=1S/C30H29ClF5N5O2/c1-3-20-17-39(11-12-40(20)26-9-7-21(14-23(26)33)43-30(34,35)36)25-8-5-18(13-22(25)32)15-37-29(42)28-24(4-2)38-27-10-6-19(31)16-41(27)28/h5-10,13-14,16,20H,3-4,11-12,15,17H2,1-2H3,(H,37,42)/t20-/m0/s1. The second kappa shape index (κ2) is 12.3. The van der Waals surface area contributed by atoms with E-state index in [4.69, 9.17) is 11.6 Å². The largest absolute Gasteiger partial charge is 0.573 e. The Balaban J connectivity index is 1.26. The molecule has 43 heavy (non-hydrogen) atoms. The summed E-state index contributed by atoms with van der Waals surface area (Å²) in [5.74, 6) is -2.29. The molecule has 1 saturated heterocycles. The Morgan fingerprint density at radius 2 is 1.79 bits per heavy atom. The van der Waals surface area contributed by atoms with Gasteiger partial charge in [-0.15, -0.1) is 13.2 Å². The number of nitrogens with zero attached hydrogens (tertiary/aromatic N) is 4. The summed E-state index contributed by atoms with van der Waals surface area (Å²) in [6.45, 7) is 4.96. The van der Waals surface area contributed by atoms with Gasteiger partial charge in [-0.1, -0.05) is 31.5 Å². The van der Waals surface area contributed by atoms with E-state index in [1.165, 1.54) is 12.1 Å². The first kappa shape index (κ1) is 30.4. The molecular formula is C30H29ClF5N5O2. The van der Waals surface area contributed by atoms with Gasteiger partial charge in [0.25, 0.3) is 5.91 Å². The van der Waals surface area contributed by atoms with Crippen LogP contribution in [0.2, 0.25) is 5.02 Å². The number of anilines is 2. The molecule has 0 saturated carbocycles. The maximum absolute atomic E-state index is 15.3. The number of halogens is 6. The topological polar surface area (TPSA) is 62.1 Å². The molecule has 1 fully saturated rings. The van der Waals surface area contributed by atoms with Crippen molar-refractivity contribution in [3.8, 4) is 5.75 Å². The molecule has 0 spiro atoms. The molecule has 1 aliphatic heterocycles. The molecule has 1 amide bonds. The molecule has 3 heterocycles. The Kier molecular flexibility index (Phi) is 8.68. The number of benzene rings is 2. The van der Waals surface area contributed by atoms with Crippen molar-refractivity contribution in [2.75, 3.05) is 29.4 Å². The second-order valence-corrected chi connectivity index (χ2v) is 10.6. The van der Waals surface area contributed by atoms with Crippen LogP contribution in [-0.2, 0) is 13.0 Å². The second-order valence-electron chi connectivity index (χ2n) is 10.2. The quantitative estimate of drug-likeness (QED) is 0.220. The molecule has 0 aliphatic carbocycles. The van der Waals surface area contributed by atoms with E-state index in [9.17, 15) is 22.4 Å². The van der Waals surface area contributed by atoms with E-state index >= 15 is 4.39 Å². The van der Waals surface area contributed by atoms with Crippen molar-refractivity contribution in [2.24, 2.45) is 0 Å². The minimum atomic E-state index is -4.92. The van der Waals surface area contributed by atoms with Crippen molar-refractivity contribution in [1.29, 1.82) is 0 Å². The number of carbonyl (C=O) groups is 1. The van der Waals surface area contributed by atoms with E-state index in [0.29, 0.717) is 71.9 Å². The summed E-state index contributed by atoms with van der Waals surface area (Å²) in [5.41, 5.74) is 2.69. The Bertz CT molecular complexity index is 1640. The maximum atomic E-state index is 15.3. The van der Waals surface area contributed by atoms with Crippen molar-refractivity contribution in [1.82, 2.24) is 14.7 Å². The third-order valence-corrected chi connectivity index (χ3v) is 7.65. The van der Waals surface area contributed by atoms with Crippen molar-refractivity contribution in [3.63, 3.8) is 0 Å². The zero-order chi connectivity index (χ0) is 30.9. The minimum Gasteiger partial charge on any atom is -0.406 e. The van der Waals surface area contributed by atoms with Gasteiger partial charge in [0.1, 0.15) is 28.7 Å². The van der Waals surface area contributed by atoms with E-state index < -0.39 is 23.7 Å². The number of imidazole rings is 1. The van der Waals surface area contributed by atoms with E-state index in [1.54, 1.807) is 39.8 Å². The molecule has 13 heteroatoms. The third kappa shape index (κ3) is 6.64. The van der Waals surface area contributed by atoms with Crippen LogP contribution in [0, 0.1) is 11.6 Å². The fourth-order valence-electron chi connectivity index (χ4n) is 5.40. The summed E-state index contributed by atoms with van der Waals surface area (Å²) in [6.07, 6.45) is -2.15. The molecular weight excluding hydrogens is 593 g/mol. The lowest BCUT2D eigenvalue weighted by atomic mass is 10.1. The zero-order valence-electron chi connectivity index (χ0n) is 23.4. The van der Waals surface area contributed by atoms with Crippen LogP contribution in [0.25, 0.3) is 5.65 Å². The summed E-state index contributed by atoms with van der Waals surface area (Å²) in [4.78, 5) is 21.2. The number of aryl methyl sites for hydroxylation is 1. The first-order valence-corrected chi connectivity index (χ1v) is 14.1. The monoisotopic (exact) mass is 621 g/mol. The van der Waals surface area contributed by atoms with Gasteiger partial charge in [0.05, 0.1) is 22.1 Å². The van der Waals surface area contributed by atoms with Crippen LogP contribution in [0.1, 0.15) is 42.0 Å². The summed E-state index contributed by atoms with van der Waals surface area (Å²) in [6, 6.07) is 11.0. The Labute approximate surface area is 249 Å². The van der Waals surface area contributed by atoms with Crippen LogP contribution >= 0.6 is 11.6 Å². The average molecular weight is 622 g/mol. The van der Waals surface area contributed by atoms with E-state index in [2.05, 4.69) is 15.0 Å². The predicted molar refractivity (Wildman–Crippen MR) is 154 cm³/mol. The zero-order valence-corrected chi connectivity index (χ0v) is 24.1. The fraction of sp³-hybridized carbons (Fsp3) is 0.333. The highest BCUT2D eigenvalue weighted by Crippen LogP contribution is 2.32. The highest BCUT2D eigenvalue weighted by atomic mass is 35.5. The molecule has 5 rings (SSSR count). The molecule has 1 atom stereocenters. The predicted octanol–water partition coefficient (Wildman–Crippen LogP) is 6.76. The van der Waals surface area contributed by atoms with Gasteiger partial charge < -0.3 is 19.9 Å². The van der Waals surface area contributed by atoms with Gasteiger partial charge in [-0.3, -0.25) is 9.20 Å². The molecule has 0 bridgehead atoms. The first-order valence-electron chi connectivity index (χ1n) is 13.8. The van der Waals surface area contributed by atoms with Crippen molar-refractivity contribution >= 4 is 34.5 Å². The third-order valence-electron chi connectivity index (χ3n) is 7.43. The van der Waals surface area contributed by atoms with E-state index in [-0.39, 0.29) is 24.2 Å². The lowest BCUT2D eigenvalue weighted by molar-refractivity contribution is -0.274. The first-order chi connectivity index (χ1) is 20.5. The number of amides is 1. The summed E-state index contributed by atoms with van der Waals surface area (Å²) < 4.78 is 73.1. The number of hydrogen-bond acceptors (Lipinski definition) is 5. The molecule has 7 nitrogen and oxygen atoms in total. The Morgan fingerprint density at radius 3 is 2.47 bits per heavy atom. The van der Waals surface area contributed by atoms with Crippen LogP contribution in [0.4, 0.5) is 33.3 Å². The number of rotatable bonds is 8. The number of piperazine rings is 1. The van der Waals surface area contributed by atoms with E-state index in [1.807, 2.05) is 18.7 Å². The molecule has 4 aromatic rings. The number of aromatic nitrogens is 2. The Morgan fingerprint density at radius 1 is 1.05 bits per heavy atom. The van der Waals surface area contributed by atoms with Crippen LogP contribution in [0.15, 0.2) is 54.7 Å². The SMILES string of the molecule is CCc1nc2ccc(Cl)cn2c1C(=O)NCc1ccc(N2CCN(c3ccc(OC(F)(F)F)cc3F)[C@@H](CC)C2)c(F)c1. The van der Waals surface area contributed by atoms with Crippen molar-refractivity contribution in [2.45, 2.75) is 45.6 Å². The molecule has 2 aromatic carbocycles. The van der Waals surface area contributed by atoms with Crippen LogP contribution in [0.3, 0.4) is 0 Å². The normalized spacial score (nSPS) is 15.7. The van der Waals surface area contributed by atoms with E-state index in [0.717, 1.165) is 6.07 Å². The highest BCUT2D eigenvalue weighted by molar-refractivity contribution is 6.30. The lowest BCUT2D eigenvalue weighted by Crippen LogP contribution is -2.53. The molecule has 0 radical (unpaired) electrons. The molecule has 1 N–H and O–H groups in total. The highest BCUT2D eigenvalue weighted by Gasteiger charge is 2.33. The fourth-order valence-corrected chi connectivity index (χ4v) is 5.56. The number of alkyl halides is 3. The van der Waals surface area contributed by atoms with Gasteiger partial charge >= 0.3 is 6.36 Å². The summed E-state index contributed by atoms with van der Waals surface area (Å²) in [5, 5.41) is 3.30. The molecule has 0 unspecified atom stereocenters. The number of hydrogen-bond donors (Lipinski definition) is 1. The van der Waals surface area contributed by atoms with Gasteiger partial charge in [-0.25, -0.2) is 13.8 Å². The van der Waals surface area contributed by atoms with Gasteiger partial charge in [0.15, 0.2) is 0 Å². The van der Waals surface area contributed by atoms with Crippen LogP contribution < -0.4 is 19.9 Å².